The van der Waals surface area contributed by atoms with Gasteiger partial charge in [0.05, 0.1) is 6.10 Å². The molecule has 0 radical (unpaired) electrons. The normalized spacial score (nSPS) is 28.1. The second kappa shape index (κ2) is 14.7. The molecule has 6 heteroatoms. The van der Waals surface area contributed by atoms with Gasteiger partial charge < -0.3 is 13.9 Å². The lowest BCUT2D eigenvalue weighted by atomic mass is 9.61. The van der Waals surface area contributed by atoms with E-state index in [0.717, 1.165) is 44.1 Å². The molecule has 2 aromatic rings. The van der Waals surface area contributed by atoms with Gasteiger partial charge in [-0.25, -0.2) is 0 Å². The van der Waals surface area contributed by atoms with Crippen LogP contribution >= 0.6 is 0 Å². The number of esters is 2. The van der Waals surface area contributed by atoms with Crippen molar-refractivity contribution in [3.05, 3.63) is 95.6 Å². The Balaban J connectivity index is 1.77. The Hall–Kier alpha value is -3.22. The van der Waals surface area contributed by atoms with Gasteiger partial charge in [-0.05, 0) is 95.8 Å². The van der Waals surface area contributed by atoms with Crippen LogP contribution in [-0.4, -0.2) is 38.6 Å². The maximum absolute atomic E-state index is 12.6. The van der Waals surface area contributed by atoms with E-state index in [0.29, 0.717) is 6.42 Å². The Morgan fingerprint density at radius 1 is 0.812 bits per heavy atom. The smallest absolute Gasteiger partial charge is 0.303 e. The predicted octanol–water partition coefficient (Wildman–Crippen LogP) is 8.62. The highest BCUT2D eigenvalue weighted by Gasteiger charge is 2.54. The maximum Gasteiger partial charge on any atom is 0.303 e. The molecule has 5 rings (SSSR count). The van der Waals surface area contributed by atoms with Crippen LogP contribution in [0.15, 0.2) is 95.6 Å². The quantitative estimate of drug-likeness (QED) is 0.175. The standard InChI is InChI=1S/C42H56O5Si/c1-29-23-25-37-39(47-48(41(4,5)6,35-19-11-9-12-20-35)36-21-13-10-14-22-36)28-33-18-16-15-17-32(33)27-34(45-30(2)43)24-26-38(46-31(3)44)40(29)42(37,7)8/h9-14,19-22,24,26,28,32,34,37-39H,15-18,23,25,27H2,1-8H3/b26-24-,33-28+/t32?,34-,37+,38+,39+/m1/s1. The van der Waals surface area contributed by atoms with Gasteiger partial charge in [0.15, 0.2) is 0 Å². The Labute approximate surface area is 290 Å². The van der Waals surface area contributed by atoms with Crippen molar-refractivity contribution >= 4 is 30.6 Å². The Bertz CT molecular complexity index is 1490. The van der Waals surface area contributed by atoms with E-state index in [4.69, 9.17) is 13.9 Å². The first-order valence-electron chi connectivity index (χ1n) is 18.0. The highest BCUT2D eigenvalue weighted by molar-refractivity contribution is 6.99. The van der Waals surface area contributed by atoms with Crippen LogP contribution in [0.3, 0.4) is 0 Å². The average Bonchev–Trinajstić information content (AvgIpc) is 3.01. The number of fused-ring (bicyclic) bond motifs is 3. The summed E-state index contributed by atoms with van der Waals surface area (Å²) in [7, 11) is -2.93. The van der Waals surface area contributed by atoms with E-state index in [2.05, 4.69) is 108 Å². The molecule has 48 heavy (non-hydrogen) atoms. The number of rotatable bonds is 6. The van der Waals surface area contributed by atoms with Crippen molar-refractivity contribution in [3.63, 3.8) is 0 Å². The number of allylic oxidation sites excluding steroid dienone is 2. The lowest BCUT2D eigenvalue weighted by molar-refractivity contribution is -0.146. The molecule has 0 amide bonds. The minimum atomic E-state index is -2.93. The lowest BCUT2D eigenvalue weighted by Crippen LogP contribution is -2.68. The van der Waals surface area contributed by atoms with Gasteiger partial charge in [0.1, 0.15) is 12.2 Å². The SMILES string of the molecule is CC(=O)O[C@@H]1/C=C\[C@H](OC(C)=O)C2=C(C)CC[C@@H]([C@@H](O[Si](c3ccccc3)(c3ccccc3)C(C)(C)C)/C=C3\CCCCC3C1)C2(C)C. The topological polar surface area (TPSA) is 61.8 Å². The average molecular weight is 669 g/mol. The molecule has 2 aromatic carbocycles. The fourth-order valence-corrected chi connectivity index (χ4v) is 13.7. The highest BCUT2D eigenvalue weighted by Crippen LogP contribution is 2.51. The van der Waals surface area contributed by atoms with Gasteiger partial charge in [0.25, 0.3) is 8.32 Å². The summed E-state index contributed by atoms with van der Waals surface area (Å²) in [6.45, 7) is 16.8. The van der Waals surface area contributed by atoms with Gasteiger partial charge in [0, 0.05) is 13.8 Å². The molecular formula is C42H56O5Si. The van der Waals surface area contributed by atoms with E-state index in [1.807, 2.05) is 12.2 Å². The fraction of sp³-hybridized carbons (Fsp3) is 0.524. The first-order chi connectivity index (χ1) is 22.7. The van der Waals surface area contributed by atoms with Crippen molar-refractivity contribution in [2.24, 2.45) is 17.3 Å². The monoisotopic (exact) mass is 668 g/mol. The third kappa shape index (κ3) is 7.50. The van der Waals surface area contributed by atoms with E-state index in [1.165, 1.54) is 35.4 Å². The molecule has 3 aliphatic carbocycles. The van der Waals surface area contributed by atoms with Gasteiger partial charge >= 0.3 is 11.9 Å². The summed E-state index contributed by atoms with van der Waals surface area (Å²) in [5, 5.41) is 2.36. The van der Waals surface area contributed by atoms with Gasteiger partial charge in [-0.1, -0.05) is 119 Å². The molecule has 5 nitrogen and oxygen atoms in total. The third-order valence-corrected chi connectivity index (χ3v) is 16.2. The zero-order chi connectivity index (χ0) is 34.7. The van der Waals surface area contributed by atoms with Crippen LogP contribution in [0.2, 0.25) is 5.04 Å². The van der Waals surface area contributed by atoms with Gasteiger partial charge in [-0.15, -0.1) is 0 Å². The van der Waals surface area contributed by atoms with Gasteiger partial charge in [0.2, 0.25) is 0 Å². The summed E-state index contributed by atoms with van der Waals surface area (Å²) in [6, 6.07) is 21.8. The molecule has 1 fully saturated rings. The van der Waals surface area contributed by atoms with E-state index in [-0.39, 0.29) is 40.3 Å². The first-order valence-corrected chi connectivity index (χ1v) is 19.9. The van der Waals surface area contributed by atoms with Crippen molar-refractivity contribution in [2.75, 3.05) is 0 Å². The number of carbonyl (C=O) groups excluding carboxylic acids is 2. The van der Waals surface area contributed by atoms with Crippen LogP contribution in [0, 0.1) is 17.3 Å². The molecule has 0 saturated heterocycles. The molecule has 2 bridgehead atoms. The molecule has 0 spiro atoms. The number of ether oxygens (including phenoxy) is 2. The molecule has 0 aliphatic heterocycles. The van der Waals surface area contributed by atoms with Crippen molar-refractivity contribution in [1.82, 2.24) is 0 Å². The summed E-state index contributed by atoms with van der Waals surface area (Å²) < 4.78 is 20.1. The fourth-order valence-electron chi connectivity index (χ4n) is 9.00. The highest BCUT2D eigenvalue weighted by atomic mass is 28.4. The molecule has 3 aliphatic rings. The van der Waals surface area contributed by atoms with Gasteiger partial charge in [-0.3, -0.25) is 9.59 Å². The lowest BCUT2D eigenvalue weighted by Gasteiger charge is -2.51. The summed E-state index contributed by atoms with van der Waals surface area (Å²) >= 11 is 0. The minimum absolute atomic E-state index is 0.142. The second-order valence-corrected chi connectivity index (χ2v) is 20.0. The van der Waals surface area contributed by atoms with Crippen molar-refractivity contribution in [2.45, 2.75) is 124 Å². The van der Waals surface area contributed by atoms with Crippen LogP contribution in [0.5, 0.6) is 0 Å². The number of carbonyl (C=O) groups is 2. The second-order valence-electron chi connectivity index (χ2n) is 15.8. The van der Waals surface area contributed by atoms with Gasteiger partial charge in [-0.2, -0.15) is 0 Å². The van der Waals surface area contributed by atoms with Crippen molar-refractivity contribution in [3.8, 4) is 0 Å². The largest absolute Gasteiger partial charge is 0.458 e. The molecular weight excluding hydrogens is 613 g/mol. The minimum Gasteiger partial charge on any atom is -0.458 e. The van der Waals surface area contributed by atoms with E-state index in [1.54, 1.807) is 0 Å². The molecule has 5 atom stereocenters. The number of hydrogen-bond acceptors (Lipinski definition) is 5. The molecule has 258 valence electrons. The molecule has 0 aromatic heterocycles. The Kier molecular flexibility index (Phi) is 11.1. The number of benzene rings is 2. The van der Waals surface area contributed by atoms with E-state index >= 15 is 0 Å². The van der Waals surface area contributed by atoms with Crippen LogP contribution in [-0.2, 0) is 23.5 Å². The zero-order valence-corrected chi connectivity index (χ0v) is 31.4. The van der Waals surface area contributed by atoms with Crippen LogP contribution in [0.1, 0.15) is 100 Å². The van der Waals surface area contributed by atoms with Crippen LogP contribution < -0.4 is 10.4 Å². The van der Waals surface area contributed by atoms with Crippen LogP contribution in [0.4, 0.5) is 0 Å². The molecule has 1 saturated carbocycles. The Morgan fingerprint density at radius 2 is 1.42 bits per heavy atom. The van der Waals surface area contributed by atoms with Crippen LogP contribution in [0.25, 0.3) is 0 Å². The summed E-state index contributed by atoms with van der Waals surface area (Å²) in [6.07, 6.45) is 12.3. The van der Waals surface area contributed by atoms with E-state index in [9.17, 15) is 9.59 Å². The van der Waals surface area contributed by atoms with Crippen molar-refractivity contribution in [1.29, 1.82) is 0 Å². The summed E-state index contributed by atoms with van der Waals surface area (Å²) in [5.74, 6) is -0.215. The summed E-state index contributed by atoms with van der Waals surface area (Å²) in [4.78, 5) is 24.9. The molecule has 1 unspecified atom stereocenters. The summed E-state index contributed by atoms with van der Waals surface area (Å²) in [5.41, 5.74) is 3.44. The first kappa shape index (κ1) is 36.1. The molecule has 0 N–H and O–H groups in total. The number of hydrogen-bond donors (Lipinski definition) is 0. The molecule has 0 heterocycles. The third-order valence-electron chi connectivity index (χ3n) is 11.1. The predicted molar refractivity (Wildman–Crippen MR) is 197 cm³/mol. The maximum atomic E-state index is 12.6. The zero-order valence-electron chi connectivity index (χ0n) is 30.4. The van der Waals surface area contributed by atoms with E-state index < -0.39 is 20.5 Å². The van der Waals surface area contributed by atoms with Crippen molar-refractivity contribution < 1.29 is 23.5 Å². The Morgan fingerprint density at radius 3 is 1.98 bits per heavy atom.